The molecule has 0 radical (unpaired) electrons. The lowest BCUT2D eigenvalue weighted by molar-refractivity contribution is 0.108. The Morgan fingerprint density at radius 3 is 2.75 bits per heavy atom. The van der Waals surface area contributed by atoms with Crippen molar-refractivity contribution in [3.8, 4) is 0 Å². The molecule has 0 aromatic rings. The summed E-state index contributed by atoms with van der Waals surface area (Å²) in [5.74, 6) is 0.811. The number of hydrogen-bond acceptors (Lipinski definition) is 3. The van der Waals surface area contributed by atoms with Gasteiger partial charge in [0.05, 0.1) is 6.61 Å². The van der Waals surface area contributed by atoms with E-state index in [1.807, 2.05) is 0 Å². The van der Waals surface area contributed by atoms with Crippen molar-refractivity contribution in [2.45, 2.75) is 45.7 Å². The van der Waals surface area contributed by atoms with Crippen LogP contribution in [0.3, 0.4) is 0 Å². The monoisotopic (exact) mass is 228 g/mol. The highest BCUT2D eigenvalue weighted by Crippen LogP contribution is 2.18. The third-order valence-corrected chi connectivity index (χ3v) is 3.95. The highest BCUT2D eigenvalue weighted by Gasteiger charge is 2.26. The molecule has 1 heterocycles. The van der Waals surface area contributed by atoms with Gasteiger partial charge in [0.2, 0.25) is 0 Å². The summed E-state index contributed by atoms with van der Waals surface area (Å²) in [6.07, 6.45) is 2.54. The summed E-state index contributed by atoms with van der Waals surface area (Å²) in [6.45, 7) is 11.2. The maximum absolute atomic E-state index is 5.20. The first-order chi connectivity index (χ1) is 7.69. The van der Waals surface area contributed by atoms with Crippen molar-refractivity contribution < 1.29 is 4.74 Å². The standard InChI is InChI=1S/C13H28N2O/c1-5-11(2)15(8-9-16-4)10-13-6-7-14-12(13)3/h11-14H,5-10H2,1-4H3. The topological polar surface area (TPSA) is 24.5 Å². The molecule has 1 aliphatic rings. The molecule has 0 aromatic carbocycles. The van der Waals surface area contributed by atoms with Gasteiger partial charge in [-0.2, -0.15) is 0 Å². The van der Waals surface area contributed by atoms with E-state index in [-0.39, 0.29) is 0 Å². The molecule has 1 N–H and O–H groups in total. The fourth-order valence-corrected chi connectivity index (χ4v) is 2.42. The minimum absolute atomic E-state index is 0.669. The van der Waals surface area contributed by atoms with Crippen LogP contribution in [-0.4, -0.2) is 50.3 Å². The average molecular weight is 228 g/mol. The van der Waals surface area contributed by atoms with Crippen LogP contribution in [0, 0.1) is 5.92 Å². The van der Waals surface area contributed by atoms with Crippen LogP contribution in [0.2, 0.25) is 0 Å². The van der Waals surface area contributed by atoms with Crippen LogP contribution in [-0.2, 0) is 4.74 Å². The molecular formula is C13H28N2O. The zero-order valence-corrected chi connectivity index (χ0v) is 11.3. The zero-order valence-electron chi connectivity index (χ0n) is 11.3. The van der Waals surface area contributed by atoms with E-state index in [1.54, 1.807) is 7.11 Å². The van der Waals surface area contributed by atoms with E-state index in [9.17, 15) is 0 Å². The smallest absolute Gasteiger partial charge is 0.0589 e. The molecule has 1 fully saturated rings. The number of methoxy groups -OCH3 is 1. The van der Waals surface area contributed by atoms with Gasteiger partial charge in [-0.1, -0.05) is 6.92 Å². The molecular weight excluding hydrogens is 200 g/mol. The van der Waals surface area contributed by atoms with E-state index in [2.05, 4.69) is 31.0 Å². The summed E-state index contributed by atoms with van der Waals surface area (Å²) >= 11 is 0. The van der Waals surface area contributed by atoms with Gasteiger partial charge in [0.15, 0.2) is 0 Å². The molecule has 3 heteroatoms. The Kier molecular flexibility index (Phi) is 6.32. The van der Waals surface area contributed by atoms with Gasteiger partial charge in [0.25, 0.3) is 0 Å². The minimum atomic E-state index is 0.669. The van der Waals surface area contributed by atoms with Crippen molar-refractivity contribution in [1.82, 2.24) is 10.2 Å². The Labute approximate surface area is 101 Å². The summed E-state index contributed by atoms with van der Waals surface area (Å²) in [5.41, 5.74) is 0. The quantitative estimate of drug-likeness (QED) is 0.718. The maximum atomic E-state index is 5.20. The predicted octanol–water partition coefficient (Wildman–Crippen LogP) is 1.73. The van der Waals surface area contributed by atoms with Gasteiger partial charge in [-0.3, -0.25) is 4.90 Å². The van der Waals surface area contributed by atoms with Crippen LogP contribution in [0.4, 0.5) is 0 Å². The third kappa shape index (κ3) is 4.04. The van der Waals surface area contributed by atoms with Crippen molar-refractivity contribution in [3.63, 3.8) is 0 Å². The number of nitrogens with zero attached hydrogens (tertiary/aromatic N) is 1. The second-order valence-corrected chi connectivity index (χ2v) is 5.04. The largest absolute Gasteiger partial charge is 0.383 e. The maximum Gasteiger partial charge on any atom is 0.0589 e. The fourth-order valence-electron chi connectivity index (χ4n) is 2.42. The van der Waals surface area contributed by atoms with Gasteiger partial charge >= 0.3 is 0 Å². The van der Waals surface area contributed by atoms with E-state index in [4.69, 9.17) is 4.74 Å². The lowest BCUT2D eigenvalue weighted by Crippen LogP contribution is -2.41. The molecule has 96 valence electrons. The van der Waals surface area contributed by atoms with Crippen molar-refractivity contribution >= 4 is 0 Å². The summed E-state index contributed by atoms with van der Waals surface area (Å²) in [7, 11) is 1.79. The molecule has 1 saturated heterocycles. The van der Waals surface area contributed by atoms with Gasteiger partial charge in [-0.25, -0.2) is 0 Å². The Morgan fingerprint density at radius 2 is 2.25 bits per heavy atom. The molecule has 0 amide bonds. The van der Waals surface area contributed by atoms with Gasteiger partial charge < -0.3 is 10.1 Å². The predicted molar refractivity (Wildman–Crippen MR) is 68.8 cm³/mol. The molecule has 0 aromatic heterocycles. The van der Waals surface area contributed by atoms with Gasteiger partial charge in [-0.15, -0.1) is 0 Å². The summed E-state index contributed by atoms with van der Waals surface area (Å²) in [4.78, 5) is 2.58. The van der Waals surface area contributed by atoms with Crippen LogP contribution in [0.25, 0.3) is 0 Å². The van der Waals surface area contributed by atoms with Crippen LogP contribution in [0.1, 0.15) is 33.6 Å². The highest BCUT2D eigenvalue weighted by atomic mass is 16.5. The molecule has 1 aliphatic heterocycles. The zero-order chi connectivity index (χ0) is 12.0. The number of hydrogen-bond donors (Lipinski definition) is 1. The Balaban J connectivity index is 2.41. The Morgan fingerprint density at radius 1 is 1.50 bits per heavy atom. The van der Waals surface area contributed by atoms with Crippen molar-refractivity contribution in [3.05, 3.63) is 0 Å². The SMILES string of the molecule is CCC(C)N(CCOC)CC1CCNC1C. The summed E-state index contributed by atoms with van der Waals surface area (Å²) in [5, 5.41) is 3.53. The molecule has 3 unspecified atom stereocenters. The van der Waals surface area contributed by atoms with Gasteiger partial charge in [-0.05, 0) is 39.2 Å². The van der Waals surface area contributed by atoms with E-state index in [0.29, 0.717) is 12.1 Å². The van der Waals surface area contributed by atoms with E-state index in [1.165, 1.54) is 25.9 Å². The van der Waals surface area contributed by atoms with Crippen LogP contribution in [0.5, 0.6) is 0 Å². The highest BCUT2D eigenvalue weighted by molar-refractivity contribution is 4.83. The Bertz CT molecular complexity index is 187. The summed E-state index contributed by atoms with van der Waals surface area (Å²) in [6, 6.07) is 1.34. The molecule has 16 heavy (non-hydrogen) atoms. The second-order valence-electron chi connectivity index (χ2n) is 5.04. The average Bonchev–Trinajstić information content (AvgIpc) is 2.69. The van der Waals surface area contributed by atoms with Gasteiger partial charge in [0, 0.05) is 32.3 Å². The third-order valence-electron chi connectivity index (χ3n) is 3.95. The van der Waals surface area contributed by atoms with Crippen LogP contribution in [0.15, 0.2) is 0 Å². The van der Waals surface area contributed by atoms with Crippen molar-refractivity contribution in [2.75, 3.05) is 33.4 Å². The van der Waals surface area contributed by atoms with Crippen molar-refractivity contribution in [2.24, 2.45) is 5.92 Å². The second kappa shape index (κ2) is 7.25. The molecule has 0 bridgehead atoms. The lowest BCUT2D eigenvalue weighted by Gasteiger charge is -2.31. The van der Waals surface area contributed by atoms with Crippen molar-refractivity contribution in [1.29, 1.82) is 0 Å². The fraction of sp³-hybridized carbons (Fsp3) is 1.00. The molecule has 1 rings (SSSR count). The first-order valence-electron chi connectivity index (χ1n) is 6.65. The van der Waals surface area contributed by atoms with Gasteiger partial charge in [0.1, 0.15) is 0 Å². The first-order valence-corrected chi connectivity index (χ1v) is 6.65. The molecule has 3 nitrogen and oxygen atoms in total. The summed E-state index contributed by atoms with van der Waals surface area (Å²) < 4.78 is 5.20. The molecule has 0 saturated carbocycles. The molecule has 3 atom stereocenters. The molecule has 0 spiro atoms. The number of nitrogens with one attached hydrogen (secondary N) is 1. The molecule has 0 aliphatic carbocycles. The van der Waals surface area contributed by atoms with E-state index in [0.717, 1.165) is 19.1 Å². The number of ether oxygens (including phenoxy) is 1. The lowest BCUT2D eigenvalue weighted by atomic mass is 10.0. The Hall–Kier alpha value is -0.120. The van der Waals surface area contributed by atoms with E-state index >= 15 is 0 Å². The normalized spacial score (nSPS) is 27.6. The van der Waals surface area contributed by atoms with E-state index < -0.39 is 0 Å². The first kappa shape index (κ1) is 13.9. The van der Waals surface area contributed by atoms with Crippen LogP contribution >= 0.6 is 0 Å². The minimum Gasteiger partial charge on any atom is -0.383 e. The van der Waals surface area contributed by atoms with Crippen LogP contribution < -0.4 is 5.32 Å². The number of rotatable bonds is 7.